The van der Waals surface area contributed by atoms with E-state index in [9.17, 15) is 9.90 Å². The number of methoxy groups -OCH3 is 1. The second kappa shape index (κ2) is 6.37. The van der Waals surface area contributed by atoms with Crippen LogP contribution in [0.5, 0.6) is 5.75 Å². The van der Waals surface area contributed by atoms with Crippen LogP contribution in [0.4, 0.5) is 0 Å². The number of ether oxygens (including phenoxy) is 1. The highest BCUT2D eigenvalue weighted by atomic mass is 16.5. The van der Waals surface area contributed by atoms with Gasteiger partial charge in [-0.05, 0) is 37.6 Å². The van der Waals surface area contributed by atoms with Gasteiger partial charge in [-0.15, -0.1) is 0 Å². The average molecular weight is 253 g/mol. The molecule has 0 heterocycles. The second-order valence-corrected chi connectivity index (χ2v) is 4.36. The second-order valence-electron chi connectivity index (χ2n) is 4.36. The number of hydrogen-bond donors (Lipinski definition) is 3. The van der Waals surface area contributed by atoms with Crippen LogP contribution in [0.1, 0.15) is 12.5 Å². The summed E-state index contributed by atoms with van der Waals surface area (Å²) in [4.78, 5) is 10.7. The van der Waals surface area contributed by atoms with Crippen LogP contribution >= 0.6 is 0 Å². The van der Waals surface area contributed by atoms with Crippen LogP contribution in [0, 0.1) is 0 Å². The Kier molecular flexibility index (Phi) is 5.12. The summed E-state index contributed by atoms with van der Waals surface area (Å²) >= 11 is 0. The minimum absolute atomic E-state index is 0.0201. The van der Waals surface area contributed by atoms with E-state index in [4.69, 9.17) is 9.84 Å². The lowest BCUT2D eigenvalue weighted by Crippen LogP contribution is -2.45. The lowest BCUT2D eigenvalue weighted by molar-refractivity contribution is -0.156. The van der Waals surface area contributed by atoms with Crippen molar-refractivity contribution in [2.24, 2.45) is 0 Å². The summed E-state index contributed by atoms with van der Waals surface area (Å²) in [5.41, 5.74) is -0.634. The fraction of sp³-hybridized carbons (Fsp3) is 0.462. The van der Waals surface area contributed by atoms with Crippen molar-refractivity contribution >= 4 is 5.97 Å². The summed E-state index contributed by atoms with van der Waals surface area (Å²) in [6.07, 6.45) is 0.743. The van der Waals surface area contributed by atoms with Gasteiger partial charge in [0.05, 0.1) is 7.11 Å². The number of carbonyl (C=O) groups is 1. The molecule has 0 saturated carbocycles. The fourth-order valence-electron chi connectivity index (χ4n) is 1.47. The van der Waals surface area contributed by atoms with E-state index in [1.54, 1.807) is 7.11 Å². The van der Waals surface area contributed by atoms with Crippen LogP contribution in [0.3, 0.4) is 0 Å². The maximum atomic E-state index is 10.7. The number of nitrogens with one attached hydrogen (secondary N) is 1. The maximum absolute atomic E-state index is 10.7. The summed E-state index contributed by atoms with van der Waals surface area (Å²) in [6.45, 7) is 1.89. The predicted octanol–water partition coefficient (Wildman–Crippen LogP) is 0.663. The molecule has 0 spiro atoms. The number of rotatable bonds is 7. The van der Waals surface area contributed by atoms with Gasteiger partial charge in [-0.3, -0.25) is 0 Å². The molecule has 0 aliphatic heterocycles. The van der Waals surface area contributed by atoms with Crippen LogP contribution in [-0.4, -0.2) is 42.0 Å². The predicted molar refractivity (Wildman–Crippen MR) is 67.8 cm³/mol. The van der Waals surface area contributed by atoms with Gasteiger partial charge in [0.25, 0.3) is 0 Å². The molecule has 0 fully saturated rings. The van der Waals surface area contributed by atoms with Gasteiger partial charge in [-0.25, -0.2) is 4.79 Å². The van der Waals surface area contributed by atoms with Crippen molar-refractivity contribution in [3.63, 3.8) is 0 Å². The van der Waals surface area contributed by atoms with Crippen molar-refractivity contribution in [1.82, 2.24) is 5.32 Å². The zero-order chi connectivity index (χ0) is 13.6. The van der Waals surface area contributed by atoms with E-state index in [0.29, 0.717) is 6.54 Å². The number of carboxylic acids is 1. The van der Waals surface area contributed by atoms with Gasteiger partial charge in [0.15, 0.2) is 5.60 Å². The highest BCUT2D eigenvalue weighted by molar-refractivity contribution is 5.76. The van der Waals surface area contributed by atoms with Crippen LogP contribution in [0.15, 0.2) is 24.3 Å². The van der Waals surface area contributed by atoms with E-state index >= 15 is 0 Å². The molecule has 1 atom stereocenters. The van der Waals surface area contributed by atoms with Gasteiger partial charge < -0.3 is 20.3 Å². The minimum Gasteiger partial charge on any atom is -0.497 e. The summed E-state index contributed by atoms with van der Waals surface area (Å²) in [7, 11) is 1.61. The molecule has 5 heteroatoms. The number of aliphatic carboxylic acids is 1. The highest BCUT2D eigenvalue weighted by Crippen LogP contribution is 2.12. The van der Waals surface area contributed by atoms with E-state index in [-0.39, 0.29) is 6.54 Å². The maximum Gasteiger partial charge on any atom is 0.336 e. The molecular weight excluding hydrogens is 234 g/mol. The SMILES string of the molecule is COc1cccc(CCNCC(C)(O)C(=O)O)c1. The normalized spacial score (nSPS) is 13.9. The van der Waals surface area contributed by atoms with Crippen LogP contribution < -0.4 is 10.1 Å². The van der Waals surface area contributed by atoms with Gasteiger partial charge in [-0.1, -0.05) is 12.1 Å². The molecule has 0 bridgehead atoms. The Bertz CT molecular complexity index is 404. The first-order valence-corrected chi connectivity index (χ1v) is 5.75. The number of carboxylic acid groups (broad SMARTS) is 1. The molecule has 1 aromatic rings. The summed E-state index contributed by atoms with van der Waals surface area (Å²) < 4.78 is 5.11. The van der Waals surface area contributed by atoms with Gasteiger partial charge in [0.2, 0.25) is 0 Å². The topological polar surface area (TPSA) is 78.8 Å². The van der Waals surface area contributed by atoms with Crippen LogP contribution in [-0.2, 0) is 11.2 Å². The number of hydrogen-bond acceptors (Lipinski definition) is 4. The molecule has 5 nitrogen and oxygen atoms in total. The van der Waals surface area contributed by atoms with Gasteiger partial charge in [0.1, 0.15) is 5.75 Å². The lowest BCUT2D eigenvalue weighted by Gasteiger charge is -2.18. The van der Waals surface area contributed by atoms with Gasteiger partial charge in [-0.2, -0.15) is 0 Å². The molecule has 1 rings (SSSR count). The quantitative estimate of drug-likeness (QED) is 0.622. The largest absolute Gasteiger partial charge is 0.497 e. The average Bonchev–Trinajstić information content (AvgIpc) is 2.35. The van der Waals surface area contributed by atoms with E-state index in [2.05, 4.69) is 5.32 Å². The summed E-state index contributed by atoms with van der Waals surface area (Å²) in [6, 6.07) is 7.67. The first kappa shape index (κ1) is 14.5. The van der Waals surface area contributed by atoms with Crippen LogP contribution in [0.25, 0.3) is 0 Å². The molecule has 0 aliphatic carbocycles. The number of benzene rings is 1. The molecule has 0 saturated heterocycles. The third kappa shape index (κ3) is 4.35. The highest BCUT2D eigenvalue weighted by Gasteiger charge is 2.28. The zero-order valence-corrected chi connectivity index (χ0v) is 10.6. The van der Waals surface area contributed by atoms with E-state index in [0.717, 1.165) is 17.7 Å². The molecule has 0 radical (unpaired) electrons. The Morgan fingerprint density at radius 2 is 2.22 bits per heavy atom. The monoisotopic (exact) mass is 253 g/mol. The van der Waals surface area contributed by atoms with Crippen molar-refractivity contribution in [2.75, 3.05) is 20.2 Å². The van der Waals surface area contributed by atoms with Crippen LogP contribution in [0.2, 0.25) is 0 Å². The molecule has 100 valence electrons. The van der Waals surface area contributed by atoms with Gasteiger partial charge in [0, 0.05) is 6.54 Å². The Labute approximate surface area is 106 Å². The third-order valence-corrected chi connectivity index (χ3v) is 2.65. The Balaban J connectivity index is 2.36. The Morgan fingerprint density at radius 3 is 2.83 bits per heavy atom. The Morgan fingerprint density at radius 1 is 1.50 bits per heavy atom. The van der Waals surface area contributed by atoms with Crippen molar-refractivity contribution < 1.29 is 19.7 Å². The minimum atomic E-state index is -1.73. The molecule has 1 unspecified atom stereocenters. The summed E-state index contributed by atoms with van der Waals surface area (Å²) in [5, 5.41) is 21.1. The molecule has 1 aromatic carbocycles. The fourth-order valence-corrected chi connectivity index (χ4v) is 1.47. The Hall–Kier alpha value is -1.59. The summed E-state index contributed by atoms with van der Waals surface area (Å²) in [5.74, 6) is -0.429. The molecule has 0 aromatic heterocycles. The molecular formula is C13H19NO4. The van der Waals surface area contributed by atoms with E-state index in [1.807, 2.05) is 24.3 Å². The zero-order valence-electron chi connectivity index (χ0n) is 10.6. The van der Waals surface area contributed by atoms with E-state index in [1.165, 1.54) is 6.92 Å². The third-order valence-electron chi connectivity index (χ3n) is 2.65. The van der Waals surface area contributed by atoms with E-state index < -0.39 is 11.6 Å². The molecule has 3 N–H and O–H groups in total. The first-order chi connectivity index (χ1) is 8.45. The number of aliphatic hydroxyl groups is 1. The lowest BCUT2D eigenvalue weighted by atomic mass is 10.1. The molecule has 0 aliphatic rings. The van der Waals surface area contributed by atoms with Crippen molar-refractivity contribution in [1.29, 1.82) is 0 Å². The van der Waals surface area contributed by atoms with Crippen molar-refractivity contribution in [3.05, 3.63) is 29.8 Å². The van der Waals surface area contributed by atoms with Crippen molar-refractivity contribution in [3.8, 4) is 5.75 Å². The standard InChI is InChI=1S/C13H19NO4/c1-13(17,12(15)16)9-14-7-6-10-4-3-5-11(8-10)18-2/h3-5,8,14,17H,6-7,9H2,1-2H3,(H,15,16). The molecule has 18 heavy (non-hydrogen) atoms. The smallest absolute Gasteiger partial charge is 0.336 e. The van der Waals surface area contributed by atoms with Crippen molar-refractivity contribution in [2.45, 2.75) is 18.9 Å². The van der Waals surface area contributed by atoms with Gasteiger partial charge >= 0.3 is 5.97 Å². The molecule has 0 amide bonds. The first-order valence-electron chi connectivity index (χ1n) is 5.75.